The van der Waals surface area contributed by atoms with E-state index >= 15 is 0 Å². The summed E-state index contributed by atoms with van der Waals surface area (Å²) in [4.78, 5) is 17.0. The molecule has 1 aromatic heterocycles. The third-order valence-corrected chi connectivity index (χ3v) is 7.24. The number of para-hydroxylation sites is 1. The summed E-state index contributed by atoms with van der Waals surface area (Å²) >= 11 is 0. The predicted molar refractivity (Wildman–Crippen MR) is 141 cm³/mol. The van der Waals surface area contributed by atoms with Gasteiger partial charge in [0, 0.05) is 18.1 Å². The molecule has 1 N–H and O–H groups in total. The molecule has 8 heteroatoms. The molecule has 0 saturated heterocycles. The summed E-state index contributed by atoms with van der Waals surface area (Å²) < 4.78 is 33.5. The van der Waals surface area contributed by atoms with Gasteiger partial charge in [0.05, 0.1) is 17.2 Å². The highest BCUT2D eigenvalue weighted by Gasteiger charge is 2.27. The summed E-state index contributed by atoms with van der Waals surface area (Å²) in [7, 11) is -4.00. The number of benzene rings is 3. The first-order chi connectivity index (χ1) is 17.5. The molecule has 0 radical (unpaired) electrons. The summed E-state index contributed by atoms with van der Waals surface area (Å²) in [6.07, 6.45) is 4.26. The Balaban J connectivity index is 1.50. The number of ether oxygens (including phenoxy) is 1. The van der Waals surface area contributed by atoms with Crippen molar-refractivity contribution < 1.29 is 17.9 Å². The summed E-state index contributed by atoms with van der Waals surface area (Å²) in [6, 6.07) is 26.1. The molecule has 3 aromatic carbocycles. The number of rotatable bonds is 10. The lowest BCUT2D eigenvalue weighted by atomic mass is 10.1. The second-order valence-electron chi connectivity index (χ2n) is 8.03. The SMILES string of the molecule is CCOc1ccc(S(=O)(=O)N(CC(=O)Nc2ccc(Cc3ccncc3)cc2)c2ccccc2)cc1. The summed E-state index contributed by atoms with van der Waals surface area (Å²) in [5.41, 5.74) is 3.21. The monoisotopic (exact) mass is 501 g/mol. The molecular weight excluding hydrogens is 474 g/mol. The van der Waals surface area contributed by atoms with Gasteiger partial charge in [-0.1, -0.05) is 30.3 Å². The highest BCUT2D eigenvalue weighted by molar-refractivity contribution is 7.92. The van der Waals surface area contributed by atoms with E-state index in [9.17, 15) is 13.2 Å². The van der Waals surface area contributed by atoms with Crippen LogP contribution in [0.4, 0.5) is 11.4 Å². The van der Waals surface area contributed by atoms with E-state index in [2.05, 4.69) is 10.3 Å². The fourth-order valence-electron chi connectivity index (χ4n) is 3.68. The number of aromatic nitrogens is 1. The van der Waals surface area contributed by atoms with Crippen LogP contribution in [0.25, 0.3) is 0 Å². The largest absolute Gasteiger partial charge is 0.494 e. The number of hydrogen-bond acceptors (Lipinski definition) is 5. The lowest BCUT2D eigenvalue weighted by molar-refractivity contribution is -0.114. The molecule has 0 fully saturated rings. The number of carbonyl (C=O) groups excluding carboxylic acids is 1. The average molecular weight is 502 g/mol. The Hall–Kier alpha value is -4.17. The van der Waals surface area contributed by atoms with Crippen molar-refractivity contribution in [1.82, 2.24) is 4.98 Å². The maximum Gasteiger partial charge on any atom is 0.264 e. The highest BCUT2D eigenvalue weighted by atomic mass is 32.2. The first kappa shape index (κ1) is 24.9. The molecule has 7 nitrogen and oxygen atoms in total. The van der Waals surface area contributed by atoms with Crippen molar-refractivity contribution in [3.05, 3.63) is 115 Å². The number of nitrogens with zero attached hydrogens (tertiary/aromatic N) is 2. The van der Waals surface area contributed by atoms with Gasteiger partial charge in [0.15, 0.2) is 0 Å². The zero-order valence-corrected chi connectivity index (χ0v) is 20.7. The van der Waals surface area contributed by atoms with E-state index in [4.69, 9.17) is 4.74 Å². The van der Waals surface area contributed by atoms with Crippen LogP contribution < -0.4 is 14.4 Å². The predicted octanol–water partition coefficient (Wildman–Crippen LogP) is 4.91. The van der Waals surface area contributed by atoms with Crippen LogP contribution in [0.1, 0.15) is 18.1 Å². The topological polar surface area (TPSA) is 88.6 Å². The molecule has 0 aliphatic rings. The Morgan fingerprint density at radius 1 is 0.861 bits per heavy atom. The van der Waals surface area contributed by atoms with Gasteiger partial charge in [0.2, 0.25) is 5.91 Å². The first-order valence-electron chi connectivity index (χ1n) is 11.5. The maximum atomic E-state index is 13.5. The molecule has 0 bridgehead atoms. The maximum absolute atomic E-state index is 13.5. The minimum Gasteiger partial charge on any atom is -0.494 e. The lowest BCUT2D eigenvalue weighted by Gasteiger charge is -2.24. The number of anilines is 2. The van der Waals surface area contributed by atoms with Crippen LogP contribution in [0.15, 0.2) is 108 Å². The third kappa shape index (κ3) is 6.28. The van der Waals surface area contributed by atoms with Crippen LogP contribution in [0.3, 0.4) is 0 Å². The zero-order chi connectivity index (χ0) is 25.4. The van der Waals surface area contributed by atoms with Gasteiger partial charge in [-0.2, -0.15) is 0 Å². The lowest BCUT2D eigenvalue weighted by Crippen LogP contribution is -2.38. The molecule has 1 heterocycles. The average Bonchev–Trinajstić information content (AvgIpc) is 2.90. The van der Waals surface area contributed by atoms with Gasteiger partial charge < -0.3 is 10.1 Å². The highest BCUT2D eigenvalue weighted by Crippen LogP contribution is 2.25. The molecule has 0 aliphatic heterocycles. The zero-order valence-electron chi connectivity index (χ0n) is 19.9. The molecular formula is C28H27N3O4S. The van der Waals surface area contributed by atoms with Crippen molar-refractivity contribution in [3.8, 4) is 5.75 Å². The number of sulfonamides is 1. The second kappa shape index (κ2) is 11.5. The molecule has 4 rings (SSSR count). The smallest absolute Gasteiger partial charge is 0.264 e. The summed E-state index contributed by atoms with van der Waals surface area (Å²) in [5, 5.41) is 2.81. The van der Waals surface area contributed by atoms with E-state index in [-0.39, 0.29) is 11.4 Å². The van der Waals surface area contributed by atoms with Gasteiger partial charge in [-0.15, -0.1) is 0 Å². The van der Waals surface area contributed by atoms with Crippen LogP contribution in [0.2, 0.25) is 0 Å². The minimum atomic E-state index is -4.00. The number of amides is 1. The normalized spacial score (nSPS) is 11.0. The standard InChI is InChI=1S/C28H27N3O4S/c1-2-35-26-12-14-27(15-13-26)36(33,34)31(25-6-4-3-5-7-25)21-28(32)30-24-10-8-22(9-11-24)20-23-16-18-29-19-17-23/h3-19H,2,20-21H2,1H3,(H,30,32). The fraction of sp³-hybridized carbons (Fsp3) is 0.143. The molecule has 0 saturated carbocycles. The van der Waals surface area contributed by atoms with Gasteiger partial charge in [-0.25, -0.2) is 8.42 Å². The molecule has 184 valence electrons. The van der Waals surface area contributed by atoms with Crippen molar-refractivity contribution in [2.45, 2.75) is 18.2 Å². The van der Waals surface area contributed by atoms with Gasteiger partial charge in [0.25, 0.3) is 10.0 Å². The van der Waals surface area contributed by atoms with E-state index in [0.717, 1.165) is 21.9 Å². The Bertz CT molecular complexity index is 1380. The molecule has 1 amide bonds. The Morgan fingerprint density at radius 2 is 1.50 bits per heavy atom. The van der Waals surface area contributed by atoms with Crippen molar-refractivity contribution in [3.63, 3.8) is 0 Å². The minimum absolute atomic E-state index is 0.0723. The number of nitrogens with one attached hydrogen (secondary N) is 1. The van der Waals surface area contributed by atoms with Crippen LogP contribution >= 0.6 is 0 Å². The molecule has 0 aliphatic carbocycles. The van der Waals surface area contributed by atoms with E-state index in [0.29, 0.717) is 23.7 Å². The Kier molecular flexibility index (Phi) is 7.97. The summed E-state index contributed by atoms with van der Waals surface area (Å²) in [5.74, 6) is 0.128. The van der Waals surface area contributed by atoms with E-state index < -0.39 is 15.9 Å². The Labute approximate surface area is 211 Å². The quantitative estimate of drug-likeness (QED) is 0.334. The second-order valence-corrected chi connectivity index (χ2v) is 9.89. The van der Waals surface area contributed by atoms with Crippen LogP contribution in [-0.4, -0.2) is 32.5 Å². The number of hydrogen-bond donors (Lipinski definition) is 1. The molecule has 36 heavy (non-hydrogen) atoms. The van der Waals surface area contributed by atoms with E-state index in [1.165, 1.54) is 12.1 Å². The molecule has 0 atom stereocenters. The fourth-order valence-corrected chi connectivity index (χ4v) is 5.11. The molecule has 0 spiro atoms. The van der Waals surface area contributed by atoms with E-state index in [1.807, 2.05) is 43.3 Å². The number of pyridine rings is 1. The third-order valence-electron chi connectivity index (χ3n) is 5.45. The van der Waals surface area contributed by atoms with Gasteiger partial charge in [-0.3, -0.25) is 14.1 Å². The number of carbonyl (C=O) groups is 1. The van der Waals surface area contributed by atoms with Gasteiger partial charge >= 0.3 is 0 Å². The van der Waals surface area contributed by atoms with Crippen LogP contribution in [0, 0.1) is 0 Å². The van der Waals surface area contributed by atoms with Crippen molar-refractivity contribution in [2.24, 2.45) is 0 Å². The first-order valence-corrected chi connectivity index (χ1v) is 13.0. The van der Waals surface area contributed by atoms with Gasteiger partial charge in [-0.05, 0) is 85.1 Å². The van der Waals surface area contributed by atoms with Crippen molar-refractivity contribution in [2.75, 3.05) is 22.8 Å². The van der Waals surface area contributed by atoms with E-state index in [1.54, 1.807) is 54.9 Å². The van der Waals surface area contributed by atoms with Crippen LogP contribution in [0.5, 0.6) is 5.75 Å². The Morgan fingerprint density at radius 3 is 2.14 bits per heavy atom. The van der Waals surface area contributed by atoms with Crippen LogP contribution in [-0.2, 0) is 21.2 Å². The summed E-state index contributed by atoms with van der Waals surface area (Å²) in [6.45, 7) is 1.96. The van der Waals surface area contributed by atoms with Gasteiger partial charge in [0.1, 0.15) is 12.3 Å². The van der Waals surface area contributed by atoms with Crippen molar-refractivity contribution >= 4 is 27.3 Å². The van der Waals surface area contributed by atoms with Crippen molar-refractivity contribution in [1.29, 1.82) is 0 Å². The molecule has 4 aromatic rings. The molecule has 0 unspecified atom stereocenters.